The number of hydrogen-bond donors (Lipinski definition) is 1. The molecule has 1 aromatic rings. The van der Waals surface area contributed by atoms with Gasteiger partial charge in [0, 0.05) is 19.0 Å². The van der Waals surface area contributed by atoms with Gasteiger partial charge in [-0.05, 0) is 37.7 Å². The van der Waals surface area contributed by atoms with E-state index in [1.807, 2.05) is 4.90 Å². The number of nitrogens with zero attached hydrogens (tertiary/aromatic N) is 1. The van der Waals surface area contributed by atoms with Crippen molar-refractivity contribution in [2.45, 2.75) is 51.5 Å². The number of amides is 1. The summed E-state index contributed by atoms with van der Waals surface area (Å²) in [6.07, 6.45) is 3.70. The summed E-state index contributed by atoms with van der Waals surface area (Å²) >= 11 is 0. The highest BCUT2D eigenvalue weighted by atomic mass is 16.3. The molecular weight excluding hydrogens is 250 g/mol. The minimum Gasteiger partial charge on any atom is -0.395 e. The van der Waals surface area contributed by atoms with E-state index in [0.717, 1.165) is 19.3 Å². The van der Waals surface area contributed by atoms with E-state index in [1.165, 1.54) is 11.1 Å². The third-order valence-electron chi connectivity index (χ3n) is 4.11. The average Bonchev–Trinajstić information content (AvgIpc) is 3.27. The van der Waals surface area contributed by atoms with Crippen LogP contribution in [0.15, 0.2) is 24.3 Å². The van der Waals surface area contributed by atoms with Crippen molar-refractivity contribution in [1.82, 2.24) is 4.90 Å². The summed E-state index contributed by atoms with van der Waals surface area (Å²) in [6.45, 7) is 4.74. The molecule has 0 aromatic heterocycles. The van der Waals surface area contributed by atoms with Gasteiger partial charge in [-0.2, -0.15) is 0 Å². The van der Waals surface area contributed by atoms with E-state index in [2.05, 4.69) is 38.1 Å². The lowest BCUT2D eigenvalue weighted by Crippen LogP contribution is -2.36. The second kappa shape index (κ2) is 6.89. The molecule has 0 bridgehead atoms. The third kappa shape index (κ3) is 3.83. The fraction of sp³-hybridized carbons (Fsp3) is 0.588. The van der Waals surface area contributed by atoms with Crippen LogP contribution < -0.4 is 0 Å². The van der Waals surface area contributed by atoms with Gasteiger partial charge in [0.25, 0.3) is 0 Å². The van der Waals surface area contributed by atoms with Crippen LogP contribution >= 0.6 is 0 Å². The molecule has 20 heavy (non-hydrogen) atoms. The van der Waals surface area contributed by atoms with Gasteiger partial charge in [-0.15, -0.1) is 0 Å². The molecule has 1 fully saturated rings. The predicted octanol–water partition coefficient (Wildman–Crippen LogP) is 2.86. The monoisotopic (exact) mass is 275 g/mol. The van der Waals surface area contributed by atoms with Crippen LogP contribution in [0.3, 0.4) is 0 Å². The number of aliphatic hydroxyl groups excluding tert-OH is 1. The third-order valence-corrected chi connectivity index (χ3v) is 4.11. The minimum absolute atomic E-state index is 0.0591. The number of aryl methyl sites for hydroxylation is 1. The lowest BCUT2D eigenvalue weighted by atomic mass is 9.92. The van der Waals surface area contributed by atoms with Crippen molar-refractivity contribution in [3.05, 3.63) is 35.4 Å². The zero-order chi connectivity index (χ0) is 14.5. The van der Waals surface area contributed by atoms with Crippen LogP contribution in [-0.4, -0.2) is 35.1 Å². The summed E-state index contributed by atoms with van der Waals surface area (Å²) in [4.78, 5) is 14.3. The van der Waals surface area contributed by atoms with Gasteiger partial charge in [0.15, 0.2) is 0 Å². The van der Waals surface area contributed by atoms with Crippen LogP contribution in [0.1, 0.15) is 49.7 Å². The first-order valence-corrected chi connectivity index (χ1v) is 7.62. The molecule has 1 aliphatic rings. The quantitative estimate of drug-likeness (QED) is 0.831. The lowest BCUT2D eigenvalue weighted by molar-refractivity contribution is -0.132. The van der Waals surface area contributed by atoms with Crippen molar-refractivity contribution < 1.29 is 9.90 Å². The Morgan fingerprint density at radius 1 is 1.35 bits per heavy atom. The van der Waals surface area contributed by atoms with Gasteiger partial charge in [-0.25, -0.2) is 0 Å². The van der Waals surface area contributed by atoms with Crippen molar-refractivity contribution in [1.29, 1.82) is 0 Å². The van der Waals surface area contributed by atoms with Gasteiger partial charge in [-0.3, -0.25) is 4.79 Å². The highest BCUT2D eigenvalue weighted by Crippen LogP contribution is 2.30. The summed E-state index contributed by atoms with van der Waals surface area (Å²) < 4.78 is 0. The lowest BCUT2D eigenvalue weighted by Gasteiger charge is -2.24. The summed E-state index contributed by atoms with van der Waals surface area (Å²) in [7, 11) is 0. The molecule has 3 nitrogen and oxygen atoms in total. The molecule has 0 saturated heterocycles. The fourth-order valence-corrected chi connectivity index (χ4v) is 2.67. The van der Waals surface area contributed by atoms with Crippen molar-refractivity contribution in [3.63, 3.8) is 0 Å². The summed E-state index contributed by atoms with van der Waals surface area (Å²) in [5, 5.41) is 9.11. The van der Waals surface area contributed by atoms with Crippen LogP contribution in [-0.2, 0) is 4.79 Å². The Hall–Kier alpha value is -1.35. The predicted molar refractivity (Wildman–Crippen MR) is 80.6 cm³/mol. The van der Waals surface area contributed by atoms with Gasteiger partial charge in [0.2, 0.25) is 5.91 Å². The largest absolute Gasteiger partial charge is 0.395 e. The van der Waals surface area contributed by atoms with Crippen LogP contribution in [0.2, 0.25) is 0 Å². The molecule has 1 atom stereocenters. The summed E-state index contributed by atoms with van der Waals surface area (Å²) in [5.74, 6) is 0.469. The van der Waals surface area contributed by atoms with Gasteiger partial charge in [0.1, 0.15) is 0 Å². The maximum Gasteiger partial charge on any atom is 0.223 e. The first-order valence-electron chi connectivity index (χ1n) is 7.62. The van der Waals surface area contributed by atoms with E-state index in [1.54, 1.807) is 0 Å². The number of carbonyl (C=O) groups is 1. The Balaban J connectivity index is 2.01. The van der Waals surface area contributed by atoms with E-state index in [-0.39, 0.29) is 18.4 Å². The topological polar surface area (TPSA) is 40.5 Å². The Morgan fingerprint density at radius 2 is 2.00 bits per heavy atom. The molecule has 1 amide bonds. The summed E-state index contributed by atoms with van der Waals surface area (Å²) in [6, 6.07) is 8.85. The van der Waals surface area contributed by atoms with E-state index >= 15 is 0 Å². The number of aliphatic hydroxyl groups is 1. The van der Waals surface area contributed by atoms with Crippen molar-refractivity contribution >= 4 is 5.91 Å². The molecule has 1 saturated carbocycles. The first-order chi connectivity index (χ1) is 9.65. The molecule has 2 rings (SSSR count). The zero-order valence-electron chi connectivity index (χ0n) is 12.5. The SMILES string of the molecule is CCC(CC(=O)N(CCO)C1CC1)c1ccc(C)cc1. The smallest absolute Gasteiger partial charge is 0.223 e. The number of carbonyl (C=O) groups excluding carboxylic acids is 1. The molecule has 0 radical (unpaired) electrons. The van der Waals surface area contributed by atoms with Crippen molar-refractivity contribution in [2.75, 3.05) is 13.2 Å². The van der Waals surface area contributed by atoms with Gasteiger partial charge < -0.3 is 10.0 Å². The molecule has 0 heterocycles. The molecule has 3 heteroatoms. The number of rotatable bonds is 7. The molecule has 0 aliphatic heterocycles. The standard InChI is InChI=1S/C17H25NO2/c1-3-14(15-6-4-13(2)5-7-15)12-17(20)18(10-11-19)16-8-9-16/h4-7,14,16,19H,3,8-12H2,1-2H3. The molecule has 110 valence electrons. The normalized spacial score (nSPS) is 15.9. The minimum atomic E-state index is 0.0591. The van der Waals surface area contributed by atoms with Gasteiger partial charge in [-0.1, -0.05) is 36.8 Å². The van der Waals surface area contributed by atoms with Gasteiger partial charge in [0.05, 0.1) is 6.61 Å². The van der Waals surface area contributed by atoms with Crippen LogP contribution in [0.25, 0.3) is 0 Å². The molecule has 1 aliphatic carbocycles. The number of benzene rings is 1. The summed E-state index contributed by atoms with van der Waals surface area (Å²) in [5.41, 5.74) is 2.49. The maximum absolute atomic E-state index is 12.4. The Kier molecular flexibility index (Phi) is 5.18. The van der Waals surface area contributed by atoms with Crippen LogP contribution in [0, 0.1) is 6.92 Å². The van der Waals surface area contributed by atoms with E-state index < -0.39 is 0 Å². The number of hydrogen-bond acceptors (Lipinski definition) is 2. The van der Waals surface area contributed by atoms with Crippen LogP contribution in [0.4, 0.5) is 0 Å². The second-order valence-electron chi connectivity index (χ2n) is 5.76. The zero-order valence-corrected chi connectivity index (χ0v) is 12.5. The Bertz CT molecular complexity index is 437. The van der Waals surface area contributed by atoms with Gasteiger partial charge >= 0.3 is 0 Å². The molecule has 1 N–H and O–H groups in total. The molecule has 1 aromatic carbocycles. The maximum atomic E-state index is 12.4. The molecular formula is C17H25NO2. The Labute approximate surface area is 121 Å². The van der Waals surface area contributed by atoms with Crippen molar-refractivity contribution in [2.24, 2.45) is 0 Å². The van der Waals surface area contributed by atoms with E-state index in [4.69, 9.17) is 5.11 Å². The first kappa shape index (κ1) is 15.0. The fourth-order valence-electron chi connectivity index (χ4n) is 2.67. The molecule has 1 unspecified atom stereocenters. The van der Waals surface area contributed by atoms with E-state index in [0.29, 0.717) is 19.0 Å². The van der Waals surface area contributed by atoms with Crippen molar-refractivity contribution in [3.8, 4) is 0 Å². The second-order valence-corrected chi connectivity index (χ2v) is 5.76. The highest BCUT2D eigenvalue weighted by Gasteiger charge is 2.32. The van der Waals surface area contributed by atoms with Crippen LogP contribution in [0.5, 0.6) is 0 Å². The van der Waals surface area contributed by atoms with E-state index in [9.17, 15) is 4.79 Å². The highest BCUT2D eigenvalue weighted by molar-refractivity contribution is 5.77. The molecule has 0 spiro atoms. The Morgan fingerprint density at radius 3 is 2.50 bits per heavy atom. The average molecular weight is 275 g/mol.